The highest BCUT2D eigenvalue weighted by atomic mass is 16.5. The molecule has 1 saturated heterocycles. The molecule has 0 spiro atoms. The Hall–Kier alpha value is -2.24. The number of carbonyl (C=O) groups excluding carboxylic acids is 1. The predicted octanol–water partition coefficient (Wildman–Crippen LogP) is 2.23. The van der Waals surface area contributed by atoms with Gasteiger partial charge in [-0.05, 0) is 37.1 Å². The molecule has 2 fully saturated rings. The Morgan fingerprint density at radius 1 is 1.00 bits per heavy atom. The van der Waals surface area contributed by atoms with E-state index in [1.54, 1.807) is 7.11 Å². The average Bonchev–Trinajstić information content (AvgIpc) is 2.67. The molecule has 0 radical (unpaired) electrons. The maximum absolute atomic E-state index is 12.8. The quantitative estimate of drug-likeness (QED) is 0.905. The van der Waals surface area contributed by atoms with Gasteiger partial charge in [-0.1, -0.05) is 12.8 Å². The van der Waals surface area contributed by atoms with Crippen molar-refractivity contribution in [3.8, 4) is 5.75 Å². The smallest absolute Gasteiger partial charge is 0.307 e. The summed E-state index contributed by atoms with van der Waals surface area (Å²) in [7, 11) is 1.65. The van der Waals surface area contributed by atoms with E-state index in [2.05, 4.69) is 4.90 Å². The third kappa shape index (κ3) is 3.89. The van der Waals surface area contributed by atoms with Crippen molar-refractivity contribution in [1.82, 2.24) is 4.90 Å². The van der Waals surface area contributed by atoms with Crippen LogP contribution in [0.15, 0.2) is 24.3 Å². The zero-order chi connectivity index (χ0) is 17.8. The molecule has 136 valence electrons. The maximum atomic E-state index is 12.8. The molecule has 6 heteroatoms. The van der Waals surface area contributed by atoms with Crippen LogP contribution in [-0.4, -0.2) is 55.2 Å². The lowest BCUT2D eigenvalue weighted by atomic mass is 9.78. The first-order valence-electron chi connectivity index (χ1n) is 9.00. The number of carboxylic acid groups (broad SMARTS) is 1. The van der Waals surface area contributed by atoms with Crippen LogP contribution in [0.4, 0.5) is 5.69 Å². The van der Waals surface area contributed by atoms with Crippen LogP contribution in [0.3, 0.4) is 0 Å². The van der Waals surface area contributed by atoms with Gasteiger partial charge in [-0.25, -0.2) is 0 Å². The minimum absolute atomic E-state index is 0.0291. The van der Waals surface area contributed by atoms with E-state index >= 15 is 0 Å². The van der Waals surface area contributed by atoms with Gasteiger partial charge in [0.05, 0.1) is 18.9 Å². The first kappa shape index (κ1) is 17.6. The number of amides is 1. The Morgan fingerprint density at radius 2 is 1.60 bits per heavy atom. The summed E-state index contributed by atoms with van der Waals surface area (Å²) < 4.78 is 5.18. The third-order valence-corrected chi connectivity index (χ3v) is 5.43. The minimum Gasteiger partial charge on any atom is -0.497 e. The summed E-state index contributed by atoms with van der Waals surface area (Å²) in [6.45, 7) is 2.83. The van der Waals surface area contributed by atoms with Crippen molar-refractivity contribution in [1.29, 1.82) is 0 Å². The van der Waals surface area contributed by atoms with E-state index in [0.29, 0.717) is 25.9 Å². The van der Waals surface area contributed by atoms with Gasteiger partial charge in [0.1, 0.15) is 5.75 Å². The third-order valence-electron chi connectivity index (χ3n) is 5.43. The first-order chi connectivity index (χ1) is 12.1. The lowest BCUT2D eigenvalue weighted by Crippen LogP contribution is -2.52. The number of ether oxygens (including phenoxy) is 1. The lowest BCUT2D eigenvalue weighted by Gasteiger charge is -2.39. The molecule has 1 aliphatic heterocycles. The minimum atomic E-state index is -0.824. The molecule has 2 aliphatic rings. The van der Waals surface area contributed by atoms with Gasteiger partial charge in [0.25, 0.3) is 0 Å². The number of nitrogens with zero attached hydrogens (tertiary/aromatic N) is 2. The predicted molar refractivity (Wildman–Crippen MR) is 94.9 cm³/mol. The Morgan fingerprint density at radius 3 is 2.16 bits per heavy atom. The van der Waals surface area contributed by atoms with Crippen molar-refractivity contribution in [2.24, 2.45) is 11.8 Å². The molecule has 1 N–H and O–H groups in total. The molecular formula is C19H26N2O4. The number of hydrogen-bond acceptors (Lipinski definition) is 4. The molecule has 3 rings (SSSR count). The summed E-state index contributed by atoms with van der Waals surface area (Å²) in [5.41, 5.74) is 1.12. The zero-order valence-corrected chi connectivity index (χ0v) is 14.7. The molecule has 1 amide bonds. The molecule has 2 atom stereocenters. The molecule has 1 aliphatic carbocycles. The molecule has 25 heavy (non-hydrogen) atoms. The normalized spacial score (nSPS) is 24.0. The SMILES string of the molecule is COc1ccc(N2CCN(C(=O)[C@@H]3CCCC[C@H]3C(=O)O)CC2)cc1. The van der Waals surface area contributed by atoms with Gasteiger partial charge in [0, 0.05) is 31.9 Å². The molecular weight excluding hydrogens is 320 g/mol. The van der Waals surface area contributed by atoms with E-state index < -0.39 is 11.9 Å². The molecule has 1 heterocycles. The topological polar surface area (TPSA) is 70.1 Å². The van der Waals surface area contributed by atoms with Crippen LogP contribution in [-0.2, 0) is 9.59 Å². The first-order valence-corrected chi connectivity index (χ1v) is 9.00. The second kappa shape index (κ2) is 7.76. The number of hydrogen-bond donors (Lipinski definition) is 1. The van der Waals surface area contributed by atoms with Gasteiger partial charge in [-0.3, -0.25) is 9.59 Å². The van der Waals surface area contributed by atoms with E-state index in [0.717, 1.165) is 37.4 Å². The summed E-state index contributed by atoms with van der Waals surface area (Å²) in [5, 5.41) is 9.40. The van der Waals surface area contributed by atoms with Crippen LogP contribution in [0.2, 0.25) is 0 Å². The lowest BCUT2D eigenvalue weighted by molar-refractivity contribution is -0.152. The summed E-state index contributed by atoms with van der Waals surface area (Å²) in [6, 6.07) is 7.93. The van der Waals surface area contributed by atoms with Gasteiger partial charge in [0.2, 0.25) is 5.91 Å². The molecule has 0 bridgehead atoms. The number of carboxylic acids is 1. The van der Waals surface area contributed by atoms with Crippen LogP contribution in [0.25, 0.3) is 0 Å². The molecule has 1 aromatic rings. The van der Waals surface area contributed by atoms with Crippen molar-refractivity contribution >= 4 is 17.6 Å². The molecule has 0 unspecified atom stereocenters. The number of carbonyl (C=O) groups is 2. The van der Waals surface area contributed by atoms with Crippen LogP contribution >= 0.6 is 0 Å². The number of methoxy groups -OCH3 is 1. The number of aliphatic carboxylic acids is 1. The Labute approximate surface area is 148 Å². The molecule has 0 aromatic heterocycles. The molecule has 1 saturated carbocycles. The Bertz CT molecular complexity index is 608. The van der Waals surface area contributed by atoms with E-state index in [9.17, 15) is 14.7 Å². The van der Waals surface area contributed by atoms with Crippen molar-refractivity contribution in [2.45, 2.75) is 25.7 Å². The van der Waals surface area contributed by atoms with Crippen LogP contribution < -0.4 is 9.64 Å². The van der Waals surface area contributed by atoms with Gasteiger partial charge in [-0.2, -0.15) is 0 Å². The van der Waals surface area contributed by atoms with E-state index in [-0.39, 0.29) is 11.8 Å². The summed E-state index contributed by atoms with van der Waals surface area (Å²) in [4.78, 5) is 28.4. The maximum Gasteiger partial charge on any atom is 0.307 e. The molecule has 1 aromatic carbocycles. The average molecular weight is 346 g/mol. The van der Waals surface area contributed by atoms with E-state index in [1.807, 2.05) is 29.2 Å². The number of benzene rings is 1. The van der Waals surface area contributed by atoms with Crippen molar-refractivity contribution in [3.63, 3.8) is 0 Å². The zero-order valence-electron chi connectivity index (χ0n) is 14.7. The summed E-state index contributed by atoms with van der Waals surface area (Å²) >= 11 is 0. The fourth-order valence-electron chi connectivity index (χ4n) is 3.93. The van der Waals surface area contributed by atoms with Crippen molar-refractivity contribution < 1.29 is 19.4 Å². The fraction of sp³-hybridized carbons (Fsp3) is 0.579. The standard InChI is InChI=1S/C19H26N2O4/c1-25-15-8-6-14(7-9-15)20-10-12-21(13-11-20)18(22)16-4-2-3-5-17(16)19(23)24/h6-9,16-17H,2-5,10-13H2,1H3,(H,23,24)/t16-,17-/m1/s1. The summed E-state index contributed by atoms with van der Waals surface area (Å²) in [6.07, 6.45) is 3.18. The van der Waals surface area contributed by atoms with Gasteiger partial charge < -0.3 is 19.6 Å². The Kier molecular flexibility index (Phi) is 5.46. The van der Waals surface area contributed by atoms with Crippen LogP contribution in [0.5, 0.6) is 5.75 Å². The van der Waals surface area contributed by atoms with Gasteiger partial charge >= 0.3 is 5.97 Å². The molecule has 6 nitrogen and oxygen atoms in total. The van der Waals surface area contributed by atoms with Gasteiger partial charge in [-0.15, -0.1) is 0 Å². The number of piperazine rings is 1. The number of anilines is 1. The number of rotatable bonds is 4. The highest BCUT2D eigenvalue weighted by molar-refractivity contribution is 5.85. The van der Waals surface area contributed by atoms with Crippen molar-refractivity contribution in [2.75, 3.05) is 38.2 Å². The second-order valence-electron chi connectivity index (χ2n) is 6.85. The fourth-order valence-corrected chi connectivity index (χ4v) is 3.93. The monoisotopic (exact) mass is 346 g/mol. The largest absolute Gasteiger partial charge is 0.497 e. The highest BCUT2D eigenvalue weighted by Crippen LogP contribution is 2.32. The van der Waals surface area contributed by atoms with Gasteiger partial charge in [0.15, 0.2) is 0 Å². The summed E-state index contributed by atoms with van der Waals surface area (Å²) in [5.74, 6) is -0.828. The second-order valence-corrected chi connectivity index (χ2v) is 6.85. The van der Waals surface area contributed by atoms with Crippen LogP contribution in [0, 0.1) is 11.8 Å². The van der Waals surface area contributed by atoms with Crippen LogP contribution in [0.1, 0.15) is 25.7 Å². The van der Waals surface area contributed by atoms with E-state index in [1.165, 1.54) is 0 Å². The Balaban J connectivity index is 1.59. The van der Waals surface area contributed by atoms with E-state index in [4.69, 9.17) is 4.74 Å². The highest BCUT2D eigenvalue weighted by Gasteiger charge is 2.38. The van der Waals surface area contributed by atoms with Crippen molar-refractivity contribution in [3.05, 3.63) is 24.3 Å².